The third-order valence-electron chi connectivity index (χ3n) is 6.57. The Balaban J connectivity index is 0.000000566. The molecule has 0 amide bonds. The van der Waals surface area contributed by atoms with Gasteiger partial charge in [0.2, 0.25) is 0 Å². The number of rotatable bonds is 4. The van der Waals surface area contributed by atoms with Gasteiger partial charge in [-0.15, -0.1) is 0 Å². The van der Waals surface area contributed by atoms with E-state index in [9.17, 15) is 9.90 Å². The van der Waals surface area contributed by atoms with Crippen molar-refractivity contribution in [2.75, 3.05) is 40.3 Å². The second-order valence-electron chi connectivity index (χ2n) is 9.34. The van der Waals surface area contributed by atoms with Crippen molar-refractivity contribution < 1.29 is 58.4 Å². The zero-order valence-electron chi connectivity index (χ0n) is 18.4. The lowest BCUT2D eigenvalue weighted by molar-refractivity contribution is -0.879. The van der Waals surface area contributed by atoms with Crippen molar-refractivity contribution in [2.24, 2.45) is 5.92 Å². The topological polar surface area (TPSA) is 63.1 Å². The average molecular weight is 550 g/mol. The molecular formula is C23H38Br2N2O3. The van der Waals surface area contributed by atoms with Crippen molar-refractivity contribution in [3.63, 3.8) is 0 Å². The van der Waals surface area contributed by atoms with E-state index in [-0.39, 0.29) is 46.0 Å². The van der Waals surface area contributed by atoms with Crippen LogP contribution < -0.4 is 39.3 Å². The molecule has 3 fully saturated rings. The lowest BCUT2D eigenvalue weighted by Gasteiger charge is -2.33. The SMILES string of the molecule is C1CC[NH2+]C1.C[N+]1(C)CCC(OC(=O)C(O)(c2ccccc2)C2CCCC2)C1.[Br-].[Br-]. The molecule has 3 aliphatic rings. The van der Waals surface area contributed by atoms with E-state index in [1.54, 1.807) is 0 Å². The molecule has 2 saturated heterocycles. The van der Waals surface area contributed by atoms with Crippen molar-refractivity contribution >= 4 is 5.97 Å². The first kappa shape index (κ1) is 27.6. The fourth-order valence-electron chi connectivity index (χ4n) is 4.84. The zero-order chi connectivity index (χ0) is 20.0. The molecule has 30 heavy (non-hydrogen) atoms. The molecule has 1 saturated carbocycles. The molecule has 0 radical (unpaired) electrons. The number of esters is 1. The van der Waals surface area contributed by atoms with Crippen molar-refractivity contribution in [3.8, 4) is 0 Å². The molecule has 0 aromatic heterocycles. The summed E-state index contributed by atoms with van der Waals surface area (Å²) >= 11 is 0. The predicted molar refractivity (Wildman–Crippen MR) is 110 cm³/mol. The van der Waals surface area contributed by atoms with Crippen LogP contribution in [-0.4, -0.2) is 61.9 Å². The quantitative estimate of drug-likeness (QED) is 0.296. The van der Waals surface area contributed by atoms with Gasteiger partial charge in [0.05, 0.1) is 33.7 Å². The summed E-state index contributed by atoms with van der Waals surface area (Å²) in [5, 5.41) is 13.7. The minimum Gasteiger partial charge on any atom is -1.00 e. The fourth-order valence-corrected chi connectivity index (χ4v) is 4.84. The van der Waals surface area contributed by atoms with Gasteiger partial charge in [0, 0.05) is 25.2 Å². The number of nitrogens with two attached hydrogens (primary N) is 1. The highest BCUT2D eigenvalue weighted by Crippen LogP contribution is 2.42. The number of likely N-dealkylation sites (tertiary alicyclic amines) is 1. The smallest absolute Gasteiger partial charge is 0.343 e. The largest absolute Gasteiger partial charge is 1.00 e. The van der Waals surface area contributed by atoms with Gasteiger partial charge in [-0.1, -0.05) is 43.2 Å². The molecule has 1 aliphatic carbocycles. The molecule has 2 aliphatic heterocycles. The molecule has 7 heteroatoms. The summed E-state index contributed by atoms with van der Waals surface area (Å²) in [6.45, 7) is 4.58. The van der Waals surface area contributed by atoms with E-state index in [0.29, 0.717) is 5.56 Å². The van der Waals surface area contributed by atoms with Crippen LogP contribution in [0.4, 0.5) is 0 Å². The van der Waals surface area contributed by atoms with Crippen molar-refractivity contribution in [1.29, 1.82) is 0 Å². The number of aliphatic hydroxyl groups is 1. The van der Waals surface area contributed by atoms with Gasteiger partial charge in [0.15, 0.2) is 11.7 Å². The van der Waals surface area contributed by atoms with E-state index in [1.165, 1.54) is 25.9 Å². The van der Waals surface area contributed by atoms with Crippen LogP contribution in [0.1, 0.15) is 50.5 Å². The first-order valence-electron chi connectivity index (χ1n) is 11.0. The van der Waals surface area contributed by atoms with Gasteiger partial charge >= 0.3 is 5.97 Å². The highest BCUT2D eigenvalue weighted by atomic mass is 79.9. The van der Waals surface area contributed by atoms with Crippen LogP contribution in [0.5, 0.6) is 0 Å². The number of nitrogens with zero attached hydrogens (tertiary/aromatic N) is 1. The maximum Gasteiger partial charge on any atom is 0.343 e. The predicted octanol–water partition coefficient (Wildman–Crippen LogP) is -4.19. The molecule has 1 aromatic rings. The van der Waals surface area contributed by atoms with Crippen molar-refractivity contribution in [3.05, 3.63) is 35.9 Å². The number of benzene rings is 1. The highest BCUT2D eigenvalue weighted by Gasteiger charge is 2.49. The van der Waals surface area contributed by atoms with Crippen LogP contribution in [0, 0.1) is 5.92 Å². The van der Waals surface area contributed by atoms with Crippen LogP contribution in [0.25, 0.3) is 0 Å². The molecule has 2 atom stereocenters. The Hall–Kier alpha value is -0.470. The first-order chi connectivity index (χ1) is 13.4. The Kier molecular flexibility index (Phi) is 11.5. The van der Waals surface area contributed by atoms with Gasteiger partial charge < -0.3 is 53.6 Å². The monoisotopic (exact) mass is 548 g/mol. The number of ether oxygens (including phenoxy) is 1. The van der Waals surface area contributed by atoms with Gasteiger partial charge in [0.1, 0.15) is 6.54 Å². The van der Waals surface area contributed by atoms with Gasteiger partial charge in [-0.3, -0.25) is 0 Å². The molecule has 0 bridgehead atoms. The fraction of sp³-hybridized carbons (Fsp3) is 0.696. The van der Waals surface area contributed by atoms with Crippen molar-refractivity contribution in [2.45, 2.75) is 56.7 Å². The number of halogens is 2. The lowest BCUT2D eigenvalue weighted by Crippen LogP contribution is -3.00. The van der Waals surface area contributed by atoms with Crippen molar-refractivity contribution in [1.82, 2.24) is 0 Å². The van der Waals surface area contributed by atoms with E-state index in [0.717, 1.165) is 49.7 Å². The normalized spacial score (nSPS) is 24.6. The summed E-state index contributed by atoms with van der Waals surface area (Å²) in [5.74, 6) is -0.496. The highest BCUT2D eigenvalue weighted by molar-refractivity contribution is 5.81. The number of carbonyl (C=O) groups is 1. The molecule has 5 nitrogen and oxygen atoms in total. The molecule has 3 N–H and O–H groups in total. The second kappa shape index (κ2) is 12.5. The number of carbonyl (C=O) groups excluding carboxylic acids is 1. The lowest BCUT2D eigenvalue weighted by atomic mass is 9.80. The summed E-state index contributed by atoms with van der Waals surface area (Å²) in [6.07, 6.45) is 7.57. The summed E-state index contributed by atoms with van der Waals surface area (Å²) < 4.78 is 6.64. The van der Waals surface area contributed by atoms with E-state index < -0.39 is 11.6 Å². The Morgan fingerprint density at radius 3 is 2.10 bits per heavy atom. The maximum atomic E-state index is 12.9. The molecule has 2 unspecified atom stereocenters. The number of likely N-dealkylation sites (N-methyl/N-ethyl adjacent to an activating group) is 1. The van der Waals surface area contributed by atoms with Crippen LogP contribution in [-0.2, 0) is 15.1 Å². The van der Waals surface area contributed by atoms with Crippen LogP contribution in [0.3, 0.4) is 0 Å². The van der Waals surface area contributed by atoms with Crippen LogP contribution in [0.15, 0.2) is 30.3 Å². The maximum absolute atomic E-state index is 12.9. The molecule has 0 spiro atoms. The third kappa shape index (κ3) is 7.02. The molecule has 172 valence electrons. The third-order valence-corrected chi connectivity index (χ3v) is 6.57. The van der Waals surface area contributed by atoms with E-state index >= 15 is 0 Å². The molecule has 2 heterocycles. The summed E-state index contributed by atoms with van der Waals surface area (Å²) in [6, 6.07) is 9.33. The summed E-state index contributed by atoms with van der Waals surface area (Å²) in [4.78, 5) is 12.9. The Labute approximate surface area is 202 Å². The Morgan fingerprint density at radius 1 is 1.03 bits per heavy atom. The molecule has 1 aromatic carbocycles. The standard InChI is InChI=1S/C19H28NO3.C4H9N.2BrH/c1-20(2)13-12-17(14-20)23-18(21)19(22,16-10-6-7-11-16)15-8-4-3-5-9-15;1-2-4-5-3-1;;/h3-5,8-9,16-17,22H,6-7,10-14H2,1-2H3;5H,1-4H2;2*1H/q+1;;;/p-1. The number of hydrogen-bond donors (Lipinski definition) is 2. The van der Waals surface area contributed by atoms with Crippen LogP contribution in [0.2, 0.25) is 0 Å². The summed E-state index contributed by atoms with van der Waals surface area (Å²) in [7, 11) is 4.29. The van der Waals surface area contributed by atoms with E-state index in [1.807, 2.05) is 30.3 Å². The first-order valence-corrected chi connectivity index (χ1v) is 11.0. The number of quaternary nitrogens is 2. The van der Waals surface area contributed by atoms with Crippen LogP contribution >= 0.6 is 0 Å². The van der Waals surface area contributed by atoms with E-state index in [4.69, 9.17) is 4.74 Å². The van der Waals surface area contributed by atoms with Gasteiger partial charge in [-0.25, -0.2) is 4.79 Å². The Bertz CT molecular complexity index is 627. The average Bonchev–Trinajstić information content (AvgIpc) is 3.46. The Morgan fingerprint density at radius 2 is 1.63 bits per heavy atom. The van der Waals surface area contributed by atoms with Gasteiger partial charge in [-0.05, 0) is 18.4 Å². The zero-order valence-corrected chi connectivity index (χ0v) is 21.5. The van der Waals surface area contributed by atoms with Gasteiger partial charge in [0.25, 0.3) is 0 Å². The molecule has 4 rings (SSSR count). The second-order valence-corrected chi connectivity index (χ2v) is 9.34. The minimum absolute atomic E-state index is 0. The summed E-state index contributed by atoms with van der Waals surface area (Å²) in [5.41, 5.74) is -0.832. The molecular weight excluding hydrogens is 512 g/mol. The number of hydrogen-bond acceptors (Lipinski definition) is 3. The van der Waals surface area contributed by atoms with Gasteiger partial charge in [-0.2, -0.15) is 0 Å². The minimum atomic E-state index is -1.50. The van der Waals surface area contributed by atoms with E-state index in [2.05, 4.69) is 19.4 Å².